The number of piperidine rings is 2. The van der Waals surface area contributed by atoms with Gasteiger partial charge in [-0.1, -0.05) is 11.6 Å². The SMILES string of the molecule is Cc1cc(OCC2(CC(=O)N3CCC(O)CC3)CCCN(C(=O)CCN(C)C)C2)cc(C)c1Cl. The van der Waals surface area contributed by atoms with Crippen molar-refractivity contribution in [3.05, 3.63) is 28.3 Å². The van der Waals surface area contributed by atoms with Crippen molar-refractivity contribution < 1.29 is 19.4 Å². The molecule has 2 aliphatic heterocycles. The molecule has 2 amide bonds. The Labute approximate surface area is 209 Å². The standard InChI is InChI=1S/C26H40ClN3O4/c1-19-14-22(15-20(2)25(19)27)34-18-26(16-24(33)29-12-6-21(31)7-13-29)9-5-10-30(17-26)23(32)8-11-28(3)4/h14-15,21,31H,5-13,16-18H2,1-4H3. The van der Waals surface area contributed by atoms with Gasteiger partial charge >= 0.3 is 0 Å². The maximum Gasteiger partial charge on any atom is 0.223 e. The minimum absolute atomic E-state index is 0.0848. The molecule has 0 saturated carbocycles. The van der Waals surface area contributed by atoms with Crippen molar-refractivity contribution >= 4 is 23.4 Å². The molecule has 2 heterocycles. The molecule has 7 nitrogen and oxygen atoms in total. The summed E-state index contributed by atoms with van der Waals surface area (Å²) < 4.78 is 6.28. The van der Waals surface area contributed by atoms with Crippen LogP contribution in [0.5, 0.6) is 5.75 Å². The summed E-state index contributed by atoms with van der Waals surface area (Å²) in [5.74, 6) is 0.953. The van der Waals surface area contributed by atoms with Crippen molar-refractivity contribution in [2.24, 2.45) is 5.41 Å². The summed E-state index contributed by atoms with van der Waals surface area (Å²) in [6, 6.07) is 3.86. The van der Waals surface area contributed by atoms with Crippen LogP contribution in [0.1, 0.15) is 49.7 Å². The first-order chi connectivity index (χ1) is 16.1. The molecule has 2 aliphatic rings. The molecule has 1 aromatic rings. The summed E-state index contributed by atoms with van der Waals surface area (Å²) >= 11 is 6.33. The second-order valence-electron chi connectivity index (χ2n) is 10.4. The van der Waals surface area contributed by atoms with Gasteiger partial charge in [-0.3, -0.25) is 9.59 Å². The van der Waals surface area contributed by atoms with E-state index in [0.29, 0.717) is 58.5 Å². The van der Waals surface area contributed by atoms with E-state index in [2.05, 4.69) is 0 Å². The van der Waals surface area contributed by atoms with E-state index in [-0.39, 0.29) is 17.9 Å². The second kappa shape index (κ2) is 11.7. The van der Waals surface area contributed by atoms with E-state index in [1.54, 1.807) is 0 Å². The minimum atomic E-state index is -0.444. The Morgan fingerprint density at radius 1 is 1.12 bits per heavy atom. The van der Waals surface area contributed by atoms with Crippen LogP contribution in [0.25, 0.3) is 0 Å². The highest BCUT2D eigenvalue weighted by molar-refractivity contribution is 6.32. The van der Waals surface area contributed by atoms with Gasteiger partial charge in [0.05, 0.1) is 12.7 Å². The number of halogens is 1. The lowest BCUT2D eigenvalue weighted by atomic mass is 9.77. The fourth-order valence-electron chi connectivity index (χ4n) is 4.99. The molecule has 190 valence electrons. The van der Waals surface area contributed by atoms with Gasteiger partial charge in [-0.2, -0.15) is 0 Å². The van der Waals surface area contributed by atoms with Gasteiger partial charge < -0.3 is 24.5 Å². The molecule has 0 radical (unpaired) electrons. The third-order valence-electron chi connectivity index (χ3n) is 7.09. The topological polar surface area (TPSA) is 73.3 Å². The van der Waals surface area contributed by atoms with Crippen LogP contribution in [-0.2, 0) is 9.59 Å². The number of nitrogens with zero attached hydrogens (tertiary/aromatic N) is 3. The number of aliphatic hydroxyl groups is 1. The summed E-state index contributed by atoms with van der Waals surface area (Å²) in [5, 5.41) is 10.6. The zero-order chi connectivity index (χ0) is 24.9. The monoisotopic (exact) mass is 493 g/mol. The number of aryl methyl sites for hydroxylation is 2. The summed E-state index contributed by atoms with van der Waals surface area (Å²) in [6.07, 6.45) is 3.41. The lowest BCUT2D eigenvalue weighted by molar-refractivity contribution is -0.142. The van der Waals surface area contributed by atoms with E-state index < -0.39 is 5.41 Å². The minimum Gasteiger partial charge on any atom is -0.493 e. The Balaban J connectivity index is 1.76. The number of likely N-dealkylation sites (tertiary alicyclic amines) is 2. The molecular formula is C26H40ClN3O4. The molecule has 8 heteroatoms. The average molecular weight is 494 g/mol. The van der Waals surface area contributed by atoms with Crippen molar-refractivity contribution in [2.75, 3.05) is 53.4 Å². The summed E-state index contributed by atoms with van der Waals surface area (Å²) in [7, 11) is 3.93. The van der Waals surface area contributed by atoms with Crippen molar-refractivity contribution in [3.8, 4) is 5.75 Å². The van der Waals surface area contributed by atoms with Crippen LogP contribution in [-0.4, -0.2) is 91.2 Å². The molecule has 1 N–H and O–H groups in total. The van der Waals surface area contributed by atoms with Gasteiger partial charge in [-0.25, -0.2) is 0 Å². The molecule has 0 bridgehead atoms. The van der Waals surface area contributed by atoms with E-state index in [1.807, 2.05) is 54.8 Å². The highest BCUT2D eigenvalue weighted by atomic mass is 35.5. The van der Waals surface area contributed by atoms with Gasteiger partial charge in [-0.15, -0.1) is 0 Å². The maximum atomic E-state index is 13.3. The molecule has 3 rings (SSSR count). The molecule has 0 aromatic heterocycles. The van der Waals surface area contributed by atoms with Crippen LogP contribution in [0, 0.1) is 19.3 Å². The highest BCUT2D eigenvalue weighted by Crippen LogP contribution is 2.36. The largest absolute Gasteiger partial charge is 0.493 e. The number of hydrogen-bond acceptors (Lipinski definition) is 5. The predicted octanol–water partition coefficient (Wildman–Crippen LogP) is 3.27. The molecule has 1 aromatic carbocycles. The number of ether oxygens (including phenoxy) is 1. The second-order valence-corrected chi connectivity index (χ2v) is 10.8. The number of amides is 2. The fourth-order valence-corrected chi connectivity index (χ4v) is 5.09. The van der Waals surface area contributed by atoms with Crippen molar-refractivity contribution in [1.29, 1.82) is 0 Å². The summed E-state index contributed by atoms with van der Waals surface area (Å²) in [5.41, 5.74) is 1.47. The van der Waals surface area contributed by atoms with Gasteiger partial charge in [0, 0.05) is 56.0 Å². The van der Waals surface area contributed by atoms with Crippen LogP contribution < -0.4 is 4.74 Å². The Morgan fingerprint density at radius 2 is 1.76 bits per heavy atom. The number of carbonyl (C=O) groups excluding carboxylic acids is 2. The Bertz CT molecular complexity index is 847. The number of rotatable bonds is 8. The Hall–Kier alpha value is -1.83. The van der Waals surface area contributed by atoms with E-state index in [0.717, 1.165) is 41.3 Å². The van der Waals surface area contributed by atoms with Crippen molar-refractivity contribution in [2.45, 2.75) is 58.5 Å². The smallest absolute Gasteiger partial charge is 0.223 e. The zero-order valence-corrected chi connectivity index (χ0v) is 21.9. The van der Waals surface area contributed by atoms with Crippen LogP contribution in [0.15, 0.2) is 12.1 Å². The van der Waals surface area contributed by atoms with E-state index >= 15 is 0 Å². The highest BCUT2D eigenvalue weighted by Gasteiger charge is 2.41. The quantitative estimate of drug-likeness (QED) is 0.601. The Kier molecular flexibility index (Phi) is 9.24. The van der Waals surface area contributed by atoms with Gasteiger partial charge in [-0.05, 0) is 76.9 Å². The molecule has 1 atom stereocenters. The summed E-state index contributed by atoms with van der Waals surface area (Å²) in [4.78, 5) is 32.0. The van der Waals surface area contributed by atoms with Gasteiger partial charge in [0.25, 0.3) is 0 Å². The molecule has 2 saturated heterocycles. The lowest BCUT2D eigenvalue weighted by Gasteiger charge is -2.43. The lowest BCUT2D eigenvalue weighted by Crippen LogP contribution is -2.52. The third kappa shape index (κ3) is 7.09. The molecule has 2 fully saturated rings. The van der Waals surface area contributed by atoms with Crippen LogP contribution in [0.4, 0.5) is 0 Å². The van der Waals surface area contributed by atoms with Crippen LogP contribution in [0.2, 0.25) is 5.02 Å². The van der Waals surface area contributed by atoms with E-state index in [4.69, 9.17) is 16.3 Å². The number of hydrogen-bond donors (Lipinski definition) is 1. The molecule has 0 spiro atoms. The van der Waals surface area contributed by atoms with Gasteiger partial charge in [0.1, 0.15) is 5.75 Å². The first kappa shape index (κ1) is 26.8. The van der Waals surface area contributed by atoms with Crippen molar-refractivity contribution in [1.82, 2.24) is 14.7 Å². The number of carbonyl (C=O) groups is 2. The van der Waals surface area contributed by atoms with Gasteiger partial charge in [0.2, 0.25) is 11.8 Å². The van der Waals surface area contributed by atoms with Crippen LogP contribution >= 0.6 is 11.6 Å². The average Bonchev–Trinajstić information content (AvgIpc) is 2.80. The molecule has 34 heavy (non-hydrogen) atoms. The Morgan fingerprint density at radius 3 is 2.38 bits per heavy atom. The normalized spacial score (nSPS) is 21.7. The third-order valence-corrected chi connectivity index (χ3v) is 7.68. The molecule has 0 aliphatic carbocycles. The molecular weight excluding hydrogens is 454 g/mol. The first-order valence-corrected chi connectivity index (χ1v) is 12.7. The number of aliphatic hydroxyl groups excluding tert-OH is 1. The van der Waals surface area contributed by atoms with E-state index in [1.165, 1.54) is 0 Å². The molecule has 1 unspecified atom stereocenters. The maximum absolute atomic E-state index is 13.3. The van der Waals surface area contributed by atoms with Crippen LogP contribution in [0.3, 0.4) is 0 Å². The summed E-state index contributed by atoms with van der Waals surface area (Å²) in [6.45, 7) is 7.39. The predicted molar refractivity (Wildman–Crippen MR) is 134 cm³/mol. The van der Waals surface area contributed by atoms with Crippen molar-refractivity contribution in [3.63, 3.8) is 0 Å². The fraction of sp³-hybridized carbons (Fsp3) is 0.692. The van der Waals surface area contributed by atoms with Gasteiger partial charge in [0.15, 0.2) is 0 Å². The zero-order valence-electron chi connectivity index (χ0n) is 21.1. The first-order valence-electron chi connectivity index (χ1n) is 12.4. The van der Waals surface area contributed by atoms with E-state index in [9.17, 15) is 14.7 Å². The number of benzene rings is 1.